The summed E-state index contributed by atoms with van der Waals surface area (Å²) in [4.78, 5) is 26.0. The molecule has 0 aromatic carbocycles. The number of rotatable bonds is 3. The van der Waals surface area contributed by atoms with E-state index < -0.39 is 18.0 Å². The summed E-state index contributed by atoms with van der Waals surface area (Å²) in [5.41, 5.74) is -0.0120. The van der Waals surface area contributed by atoms with Gasteiger partial charge in [0.1, 0.15) is 17.4 Å². The Balaban J connectivity index is 2.76. The lowest BCUT2D eigenvalue weighted by Gasteiger charge is -2.13. The van der Waals surface area contributed by atoms with Gasteiger partial charge >= 0.3 is 11.9 Å². The monoisotopic (exact) mass is 227 g/mol. The van der Waals surface area contributed by atoms with Crippen LogP contribution in [-0.4, -0.2) is 43.0 Å². The van der Waals surface area contributed by atoms with E-state index in [2.05, 4.69) is 9.73 Å². The van der Waals surface area contributed by atoms with Gasteiger partial charge in [-0.05, 0) is 6.92 Å². The molecule has 0 aromatic heterocycles. The second-order valence-electron chi connectivity index (χ2n) is 3.22. The number of carbonyl (C=O) groups excluding carboxylic acids is 2. The van der Waals surface area contributed by atoms with Gasteiger partial charge in [0, 0.05) is 12.6 Å². The molecule has 1 N–H and O–H groups in total. The van der Waals surface area contributed by atoms with Gasteiger partial charge in [-0.2, -0.15) is 0 Å². The average Bonchev–Trinajstić information content (AvgIpc) is 2.27. The number of aliphatic hydroxyl groups is 1. The number of carbonyl (C=O) groups is 2. The number of esters is 2. The molecule has 1 aliphatic heterocycles. The van der Waals surface area contributed by atoms with Gasteiger partial charge in [-0.15, -0.1) is 0 Å². The van der Waals surface area contributed by atoms with Crippen LogP contribution >= 0.6 is 0 Å². The van der Waals surface area contributed by atoms with Crippen LogP contribution in [0.2, 0.25) is 0 Å². The summed E-state index contributed by atoms with van der Waals surface area (Å²) in [6, 6.07) is -0.722. The Morgan fingerprint density at radius 2 is 2.38 bits per heavy atom. The standard InChI is InChI=1S/C10H13NO5/c1-6(9(13)15-2)11-5-7-8(12)3-4-16-10(7)14/h5-6,12H,3-4H2,1-2H3/t6-/m0/s1. The highest BCUT2D eigenvalue weighted by atomic mass is 16.5. The predicted octanol–water partition coefficient (Wildman–Crippen LogP) is 0.378. The van der Waals surface area contributed by atoms with E-state index in [1.54, 1.807) is 0 Å². The highest BCUT2D eigenvalue weighted by molar-refractivity contribution is 6.10. The van der Waals surface area contributed by atoms with E-state index in [1.165, 1.54) is 14.0 Å². The molecule has 0 unspecified atom stereocenters. The van der Waals surface area contributed by atoms with Crippen LogP contribution in [0.3, 0.4) is 0 Å². The summed E-state index contributed by atoms with van der Waals surface area (Å²) in [5, 5.41) is 9.42. The number of aliphatic hydroxyl groups excluding tert-OH is 1. The zero-order valence-electron chi connectivity index (χ0n) is 9.10. The number of ether oxygens (including phenoxy) is 2. The number of hydrogen-bond acceptors (Lipinski definition) is 6. The Morgan fingerprint density at radius 1 is 1.69 bits per heavy atom. The van der Waals surface area contributed by atoms with Crippen molar-refractivity contribution in [2.24, 2.45) is 4.99 Å². The maximum absolute atomic E-state index is 11.2. The number of aliphatic imine (C=N–C) groups is 1. The van der Waals surface area contributed by atoms with Crippen LogP contribution in [0, 0.1) is 0 Å². The minimum absolute atomic E-state index is 0.0120. The molecule has 0 radical (unpaired) electrons. The third-order valence-electron chi connectivity index (χ3n) is 2.07. The molecule has 1 aliphatic rings. The minimum Gasteiger partial charge on any atom is -0.511 e. The third-order valence-corrected chi connectivity index (χ3v) is 2.07. The Morgan fingerprint density at radius 3 is 2.94 bits per heavy atom. The summed E-state index contributed by atoms with van der Waals surface area (Å²) in [7, 11) is 1.25. The topological polar surface area (TPSA) is 85.2 Å². The highest BCUT2D eigenvalue weighted by Gasteiger charge is 2.20. The van der Waals surface area contributed by atoms with E-state index in [-0.39, 0.29) is 24.4 Å². The van der Waals surface area contributed by atoms with Gasteiger partial charge in [-0.25, -0.2) is 9.59 Å². The molecule has 6 nitrogen and oxygen atoms in total. The van der Waals surface area contributed by atoms with Gasteiger partial charge in [0.2, 0.25) is 0 Å². The van der Waals surface area contributed by atoms with E-state index in [1.807, 2.05) is 0 Å². The van der Waals surface area contributed by atoms with E-state index in [0.717, 1.165) is 6.21 Å². The molecule has 6 heteroatoms. The highest BCUT2D eigenvalue weighted by Crippen LogP contribution is 2.12. The van der Waals surface area contributed by atoms with Gasteiger partial charge in [-0.1, -0.05) is 0 Å². The van der Waals surface area contributed by atoms with Crippen LogP contribution in [0.5, 0.6) is 0 Å². The number of hydrogen-bond donors (Lipinski definition) is 1. The van der Waals surface area contributed by atoms with Gasteiger partial charge in [-0.3, -0.25) is 4.99 Å². The smallest absolute Gasteiger partial charge is 0.343 e. The molecule has 1 rings (SSSR count). The summed E-state index contributed by atoms with van der Waals surface area (Å²) in [6.45, 7) is 1.68. The molecule has 1 atom stereocenters. The van der Waals surface area contributed by atoms with Gasteiger partial charge < -0.3 is 14.6 Å². The first-order valence-electron chi connectivity index (χ1n) is 4.76. The zero-order chi connectivity index (χ0) is 12.1. The van der Waals surface area contributed by atoms with Crippen molar-refractivity contribution in [1.29, 1.82) is 0 Å². The van der Waals surface area contributed by atoms with Crippen LogP contribution in [0.25, 0.3) is 0 Å². The van der Waals surface area contributed by atoms with Gasteiger partial charge in [0.15, 0.2) is 0 Å². The predicted molar refractivity (Wildman–Crippen MR) is 55.2 cm³/mol. The Kier molecular flexibility index (Phi) is 4.04. The van der Waals surface area contributed by atoms with Crippen LogP contribution in [0.4, 0.5) is 0 Å². The van der Waals surface area contributed by atoms with Crippen molar-refractivity contribution >= 4 is 18.2 Å². The molecular weight excluding hydrogens is 214 g/mol. The first kappa shape index (κ1) is 12.2. The minimum atomic E-state index is -0.722. The summed E-state index contributed by atoms with van der Waals surface area (Å²) in [6.07, 6.45) is 1.40. The Bertz CT molecular complexity index is 358. The van der Waals surface area contributed by atoms with Crippen molar-refractivity contribution in [2.45, 2.75) is 19.4 Å². The molecule has 0 amide bonds. The Labute approximate surface area is 92.6 Å². The third kappa shape index (κ3) is 2.82. The molecule has 0 aliphatic carbocycles. The van der Waals surface area contributed by atoms with Crippen LogP contribution in [0.15, 0.2) is 16.3 Å². The lowest BCUT2D eigenvalue weighted by Crippen LogP contribution is -2.21. The summed E-state index contributed by atoms with van der Waals surface area (Å²) >= 11 is 0. The number of nitrogens with zero attached hydrogens (tertiary/aromatic N) is 1. The molecule has 0 fully saturated rings. The second-order valence-corrected chi connectivity index (χ2v) is 3.22. The molecule has 0 aromatic rings. The quantitative estimate of drug-likeness (QED) is 0.556. The van der Waals surface area contributed by atoms with Gasteiger partial charge in [0.25, 0.3) is 0 Å². The van der Waals surface area contributed by atoms with Crippen molar-refractivity contribution in [3.63, 3.8) is 0 Å². The first-order chi connectivity index (χ1) is 7.56. The molecule has 16 heavy (non-hydrogen) atoms. The van der Waals surface area contributed by atoms with E-state index in [4.69, 9.17) is 4.74 Å². The Hall–Kier alpha value is -1.85. The van der Waals surface area contributed by atoms with Crippen molar-refractivity contribution in [1.82, 2.24) is 0 Å². The average molecular weight is 227 g/mol. The molecule has 0 saturated heterocycles. The maximum atomic E-state index is 11.2. The lowest BCUT2D eigenvalue weighted by molar-refractivity contribution is -0.142. The summed E-state index contributed by atoms with van der Waals surface area (Å²) < 4.78 is 9.17. The van der Waals surface area contributed by atoms with E-state index in [0.29, 0.717) is 0 Å². The van der Waals surface area contributed by atoms with Crippen molar-refractivity contribution in [3.8, 4) is 0 Å². The molecule has 88 valence electrons. The molecular formula is C10H13NO5. The fourth-order valence-corrected chi connectivity index (χ4v) is 1.12. The van der Waals surface area contributed by atoms with Crippen LogP contribution < -0.4 is 0 Å². The fraction of sp³-hybridized carbons (Fsp3) is 0.500. The zero-order valence-corrected chi connectivity index (χ0v) is 9.10. The molecule has 0 spiro atoms. The fourth-order valence-electron chi connectivity index (χ4n) is 1.12. The maximum Gasteiger partial charge on any atom is 0.343 e. The number of cyclic esters (lactones) is 1. The van der Waals surface area contributed by atoms with Crippen molar-refractivity contribution < 1.29 is 24.2 Å². The van der Waals surface area contributed by atoms with Gasteiger partial charge in [0.05, 0.1) is 13.7 Å². The second kappa shape index (κ2) is 5.29. The first-order valence-corrected chi connectivity index (χ1v) is 4.76. The number of methoxy groups -OCH3 is 1. The largest absolute Gasteiger partial charge is 0.511 e. The molecule has 0 saturated carbocycles. The van der Waals surface area contributed by atoms with Crippen LogP contribution in [-0.2, 0) is 19.1 Å². The SMILES string of the molecule is COC(=O)[C@H](C)N=CC1=C(O)CCOC1=O. The van der Waals surface area contributed by atoms with Crippen molar-refractivity contribution in [2.75, 3.05) is 13.7 Å². The summed E-state index contributed by atoms with van der Waals surface area (Å²) in [5.74, 6) is -1.22. The van der Waals surface area contributed by atoms with Crippen molar-refractivity contribution in [3.05, 3.63) is 11.3 Å². The molecule has 0 bridgehead atoms. The van der Waals surface area contributed by atoms with E-state index >= 15 is 0 Å². The van der Waals surface area contributed by atoms with E-state index in [9.17, 15) is 14.7 Å². The lowest BCUT2D eigenvalue weighted by atomic mass is 10.1. The van der Waals surface area contributed by atoms with Crippen LogP contribution in [0.1, 0.15) is 13.3 Å². The molecule has 1 heterocycles. The normalized spacial score (nSPS) is 18.5.